The Hall–Kier alpha value is -2.11. The SMILES string of the molecule is CC(C(=O)O)N(C=O)[C@H]1C[C@H](C)Oc2ccc(F)cc21. The second-order valence-electron chi connectivity index (χ2n) is 4.93. The summed E-state index contributed by atoms with van der Waals surface area (Å²) in [5.74, 6) is -1.06. The number of hydrogen-bond donors (Lipinski definition) is 1. The highest BCUT2D eigenvalue weighted by atomic mass is 19.1. The van der Waals surface area contributed by atoms with Gasteiger partial charge in [0.15, 0.2) is 0 Å². The predicted octanol–water partition coefficient (Wildman–Crippen LogP) is 1.97. The molecular weight excluding hydrogens is 265 g/mol. The third-order valence-electron chi connectivity index (χ3n) is 3.50. The molecule has 20 heavy (non-hydrogen) atoms. The number of hydrogen-bond acceptors (Lipinski definition) is 3. The number of carbonyl (C=O) groups excluding carboxylic acids is 1. The van der Waals surface area contributed by atoms with Crippen LogP contribution in [0.2, 0.25) is 0 Å². The van der Waals surface area contributed by atoms with E-state index in [1.165, 1.54) is 30.0 Å². The van der Waals surface area contributed by atoms with Gasteiger partial charge in [0.1, 0.15) is 17.6 Å². The van der Waals surface area contributed by atoms with Crippen molar-refractivity contribution in [3.63, 3.8) is 0 Å². The number of nitrogens with zero attached hydrogens (tertiary/aromatic N) is 1. The van der Waals surface area contributed by atoms with Crippen molar-refractivity contribution in [1.82, 2.24) is 4.90 Å². The van der Waals surface area contributed by atoms with Crippen LogP contribution >= 0.6 is 0 Å². The Balaban J connectivity index is 2.43. The van der Waals surface area contributed by atoms with Crippen LogP contribution < -0.4 is 4.74 Å². The molecule has 1 unspecified atom stereocenters. The number of benzene rings is 1. The van der Waals surface area contributed by atoms with E-state index in [0.29, 0.717) is 24.1 Å². The molecule has 0 aliphatic carbocycles. The number of ether oxygens (including phenoxy) is 1. The summed E-state index contributed by atoms with van der Waals surface area (Å²) in [4.78, 5) is 23.6. The molecule has 5 nitrogen and oxygen atoms in total. The van der Waals surface area contributed by atoms with Gasteiger partial charge in [0.2, 0.25) is 6.41 Å². The first-order valence-electron chi connectivity index (χ1n) is 6.35. The molecule has 1 aliphatic heterocycles. The zero-order chi connectivity index (χ0) is 14.9. The van der Waals surface area contributed by atoms with Crippen molar-refractivity contribution < 1.29 is 23.8 Å². The third kappa shape index (κ3) is 2.59. The highest BCUT2D eigenvalue weighted by molar-refractivity contribution is 5.76. The van der Waals surface area contributed by atoms with E-state index >= 15 is 0 Å². The predicted molar refractivity (Wildman–Crippen MR) is 68.8 cm³/mol. The maximum Gasteiger partial charge on any atom is 0.326 e. The lowest BCUT2D eigenvalue weighted by Gasteiger charge is -2.37. The van der Waals surface area contributed by atoms with Gasteiger partial charge in [0, 0.05) is 12.0 Å². The average Bonchev–Trinajstić information content (AvgIpc) is 2.39. The molecule has 0 saturated heterocycles. The van der Waals surface area contributed by atoms with Gasteiger partial charge in [-0.25, -0.2) is 9.18 Å². The van der Waals surface area contributed by atoms with Crippen molar-refractivity contribution in [2.45, 2.75) is 38.5 Å². The van der Waals surface area contributed by atoms with E-state index in [0.717, 1.165) is 0 Å². The van der Waals surface area contributed by atoms with Crippen molar-refractivity contribution in [2.75, 3.05) is 0 Å². The molecule has 1 amide bonds. The van der Waals surface area contributed by atoms with Gasteiger partial charge in [-0.2, -0.15) is 0 Å². The Morgan fingerprint density at radius 2 is 2.30 bits per heavy atom. The number of fused-ring (bicyclic) bond motifs is 1. The molecule has 0 fully saturated rings. The van der Waals surface area contributed by atoms with E-state index < -0.39 is 23.9 Å². The first-order valence-corrected chi connectivity index (χ1v) is 6.35. The molecule has 0 spiro atoms. The quantitative estimate of drug-likeness (QED) is 0.857. The molecule has 1 aliphatic rings. The van der Waals surface area contributed by atoms with E-state index in [9.17, 15) is 14.0 Å². The highest BCUT2D eigenvalue weighted by Crippen LogP contribution is 2.39. The van der Waals surface area contributed by atoms with Crippen LogP contribution in [0, 0.1) is 5.82 Å². The molecule has 108 valence electrons. The second kappa shape index (κ2) is 5.48. The molecule has 6 heteroatoms. The largest absolute Gasteiger partial charge is 0.490 e. The number of carbonyl (C=O) groups is 2. The minimum atomic E-state index is -1.10. The minimum absolute atomic E-state index is 0.179. The number of rotatable bonds is 4. The summed E-state index contributed by atoms with van der Waals surface area (Å²) in [7, 11) is 0. The molecule has 1 aromatic rings. The number of carboxylic acid groups (broad SMARTS) is 1. The summed E-state index contributed by atoms with van der Waals surface area (Å²) in [5.41, 5.74) is 0.503. The van der Waals surface area contributed by atoms with Crippen LogP contribution in [-0.4, -0.2) is 34.5 Å². The molecule has 0 radical (unpaired) electrons. The van der Waals surface area contributed by atoms with Crippen LogP contribution in [0.25, 0.3) is 0 Å². The lowest BCUT2D eigenvalue weighted by Crippen LogP contribution is -2.43. The molecule has 1 heterocycles. The fourth-order valence-corrected chi connectivity index (χ4v) is 2.44. The molecule has 0 saturated carbocycles. The van der Waals surface area contributed by atoms with Gasteiger partial charge in [-0.15, -0.1) is 0 Å². The molecule has 1 N–H and O–H groups in total. The number of carboxylic acids is 1. The molecule has 0 aromatic heterocycles. The molecule has 0 bridgehead atoms. The van der Waals surface area contributed by atoms with Crippen LogP contribution in [0.15, 0.2) is 18.2 Å². The van der Waals surface area contributed by atoms with Gasteiger partial charge < -0.3 is 14.7 Å². The molecular formula is C14H16FNO4. The second-order valence-corrected chi connectivity index (χ2v) is 4.93. The number of amides is 1. The zero-order valence-electron chi connectivity index (χ0n) is 11.2. The van der Waals surface area contributed by atoms with Crippen molar-refractivity contribution >= 4 is 12.4 Å². The van der Waals surface area contributed by atoms with Crippen LogP contribution in [0.1, 0.15) is 31.9 Å². The van der Waals surface area contributed by atoms with E-state index in [1.54, 1.807) is 0 Å². The Labute approximate surface area is 116 Å². The van der Waals surface area contributed by atoms with Crippen LogP contribution in [0.5, 0.6) is 5.75 Å². The summed E-state index contributed by atoms with van der Waals surface area (Å²) >= 11 is 0. The van der Waals surface area contributed by atoms with E-state index in [2.05, 4.69) is 0 Å². The molecule has 3 atom stereocenters. The maximum atomic E-state index is 13.4. The van der Waals surface area contributed by atoms with Crippen LogP contribution in [0.3, 0.4) is 0 Å². The first-order chi connectivity index (χ1) is 9.43. The van der Waals surface area contributed by atoms with Crippen molar-refractivity contribution in [3.8, 4) is 5.75 Å². The van der Waals surface area contributed by atoms with Gasteiger partial charge in [-0.1, -0.05) is 0 Å². The lowest BCUT2D eigenvalue weighted by molar-refractivity contribution is -0.147. The van der Waals surface area contributed by atoms with Crippen LogP contribution in [-0.2, 0) is 9.59 Å². The summed E-state index contributed by atoms with van der Waals surface area (Å²) < 4.78 is 19.0. The van der Waals surface area contributed by atoms with E-state index in [1.807, 2.05) is 6.92 Å². The molecule has 1 aromatic carbocycles. The summed E-state index contributed by atoms with van der Waals surface area (Å²) in [6.45, 7) is 3.25. The summed E-state index contributed by atoms with van der Waals surface area (Å²) in [5, 5.41) is 9.08. The minimum Gasteiger partial charge on any atom is -0.490 e. The van der Waals surface area contributed by atoms with Gasteiger partial charge >= 0.3 is 5.97 Å². The fraction of sp³-hybridized carbons (Fsp3) is 0.429. The maximum absolute atomic E-state index is 13.4. The Kier molecular flexibility index (Phi) is 3.92. The van der Waals surface area contributed by atoms with Gasteiger partial charge in [0.05, 0.1) is 12.1 Å². The average molecular weight is 281 g/mol. The van der Waals surface area contributed by atoms with Crippen molar-refractivity contribution in [3.05, 3.63) is 29.6 Å². The normalized spacial score (nSPS) is 22.4. The standard InChI is InChI=1S/C14H16FNO4/c1-8-5-12(16(7-17)9(2)14(18)19)11-6-10(15)3-4-13(11)20-8/h3-4,6-9,12H,5H2,1-2H3,(H,18,19)/t8-,9?,12-/m0/s1. The van der Waals surface area contributed by atoms with Crippen molar-refractivity contribution in [1.29, 1.82) is 0 Å². The molecule has 2 rings (SSSR count). The summed E-state index contributed by atoms with van der Waals surface area (Å²) in [6.07, 6.45) is 0.740. The van der Waals surface area contributed by atoms with Gasteiger partial charge in [-0.3, -0.25) is 4.79 Å². The topological polar surface area (TPSA) is 66.8 Å². The van der Waals surface area contributed by atoms with E-state index in [4.69, 9.17) is 9.84 Å². The fourth-order valence-electron chi connectivity index (χ4n) is 2.44. The highest BCUT2D eigenvalue weighted by Gasteiger charge is 2.34. The van der Waals surface area contributed by atoms with Gasteiger partial charge in [0.25, 0.3) is 0 Å². The van der Waals surface area contributed by atoms with Crippen LogP contribution in [0.4, 0.5) is 4.39 Å². The van der Waals surface area contributed by atoms with Crippen molar-refractivity contribution in [2.24, 2.45) is 0 Å². The van der Waals surface area contributed by atoms with Gasteiger partial charge in [-0.05, 0) is 32.0 Å². The third-order valence-corrected chi connectivity index (χ3v) is 3.50. The smallest absolute Gasteiger partial charge is 0.326 e. The number of aliphatic carboxylic acids is 1. The first kappa shape index (κ1) is 14.3. The van der Waals surface area contributed by atoms with E-state index in [-0.39, 0.29) is 6.10 Å². The number of halogens is 1. The lowest BCUT2D eigenvalue weighted by atomic mass is 9.94. The monoisotopic (exact) mass is 281 g/mol. The Morgan fingerprint density at radius 3 is 2.90 bits per heavy atom. The Bertz CT molecular complexity index is 534. The Morgan fingerprint density at radius 1 is 1.60 bits per heavy atom. The summed E-state index contributed by atoms with van der Waals surface area (Å²) in [6, 6.07) is 2.57. The zero-order valence-corrected chi connectivity index (χ0v) is 11.2.